The number of hydrogen-bond donors (Lipinski definition) is 2. The van der Waals surface area contributed by atoms with Crippen molar-refractivity contribution in [1.82, 2.24) is 5.43 Å². The quantitative estimate of drug-likeness (QED) is 0.287. The molecule has 0 radical (unpaired) electrons. The molecule has 6 nitrogen and oxygen atoms in total. The van der Waals surface area contributed by atoms with Gasteiger partial charge < -0.3 is 10.1 Å². The number of amides is 2. The van der Waals surface area contributed by atoms with Gasteiger partial charge in [-0.3, -0.25) is 9.59 Å². The minimum atomic E-state index is -0.359. The fraction of sp³-hybridized carbons (Fsp3) is 0.0455. The van der Waals surface area contributed by atoms with E-state index in [-0.39, 0.29) is 18.4 Å². The van der Waals surface area contributed by atoms with E-state index in [1.165, 1.54) is 6.21 Å². The van der Waals surface area contributed by atoms with Crippen molar-refractivity contribution in [2.75, 3.05) is 11.9 Å². The normalized spacial score (nSPS) is 10.7. The highest BCUT2D eigenvalue weighted by Gasteiger charge is 2.09. The lowest BCUT2D eigenvalue weighted by molar-refractivity contribution is -0.118. The summed E-state index contributed by atoms with van der Waals surface area (Å²) in [5.74, 6) is -0.276. The van der Waals surface area contributed by atoms with E-state index in [9.17, 15) is 9.59 Å². The van der Waals surface area contributed by atoms with E-state index >= 15 is 0 Å². The number of anilines is 1. The average molecular weight is 566 g/mol. The van der Waals surface area contributed by atoms with E-state index in [1.807, 2.05) is 0 Å². The molecular weight excluding hydrogens is 550 g/mol. The maximum Gasteiger partial charge on any atom is 0.271 e. The fourth-order valence-corrected chi connectivity index (χ4v) is 3.30. The Morgan fingerprint density at radius 3 is 2.45 bits per heavy atom. The maximum absolute atomic E-state index is 12.2. The van der Waals surface area contributed by atoms with E-state index < -0.39 is 0 Å². The van der Waals surface area contributed by atoms with Crippen molar-refractivity contribution in [2.45, 2.75) is 0 Å². The molecular formula is C22H16Br2ClN3O3. The largest absolute Gasteiger partial charge is 0.483 e. The number of para-hydroxylation sites is 1. The zero-order chi connectivity index (χ0) is 22.2. The van der Waals surface area contributed by atoms with Crippen LogP contribution in [-0.4, -0.2) is 24.6 Å². The third kappa shape index (κ3) is 6.92. The molecule has 3 aromatic carbocycles. The summed E-state index contributed by atoms with van der Waals surface area (Å²) in [5, 5.41) is 7.12. The molecule has 9 heteroatoms. The summed E-state index contributed by atoms with van der Waals surface area (Å²) in [6, 6.07) is 19.1. The Morgan fingerprint density at radius 1 is 1.00 bits per heavy atom. The number of halogens is 3. The van der Waals surface area contributed by atoms with Crippen molar-refractivity contribution >= 4 is 67.2 Å². The van der Waals surface area contributed by atoms with Crippen LogP contribution >= 0.6 is 43.5 Å². The zero-order valence-electron chi connectivity index (χ0n) is 15.9. The van der Waals surface area contributed by atoms with Gasteiger partial charge in [0.2, 0.25) is 0 Å². The molecule has 0 saturated carbocycles. The van der Waals surface area contributed by atoms with Gasteiger partial charge in [0, 0.05) is 20.1 Å². The minimum Gasteiger partial charge on any atom is -0.483 e. The van der Waals surface area contributed by atoms with Gasteiger partial charge >= 0.3 is 0 Å². The SMILES string of the molecule is O=C(COc1ccc(Br)cc1/C=N/NC(=O)c1ccc(Br)cc1)Nc1ccccc1Cl. The van der Waals surface area contributed by atoms with Crippen LogP contribution < -0.4 is 15.5 Å². The van der Waals surface area contributed by atoms with Crippen LogP contribution in [0.4, 0.5) is 5.69 Å². The molecule has 31 heavy (non-hydrogen) atoms. The summed E-state index contributed by atoms with van der Waals surface area (Å²) in [6.45, 7) is -0.223. The van der Waals surface area contributed by atoms with Crippen LogP contribution in [0.1, 0.15) is 15.9 Å². The van der Waals surface area contributed by atoms with Crippen LogP contribution in [0.25, 0.3) is 0 Å². The lowest BCUT2D eigenvalue weighted by Crippen LogP contribution is -2.21. The van der Waals surface area contributed by atoms with E-state index in [1.54, 1.807) is 66.7 Å². The summed E-state index contributed by atoms with van der Waals surface area (Å²) >= 11 is 12.8. The molecule has 0 fully saturated rings. The number of rotatable bonds is 7. The van der Waals surface area contributed by atoms with Gasteiger partial charge in [0.1, 0.15) is 5.75 Å². The molecule has 158 valence electrons. The predicted octanol–water partition coefficient (Wildman–Crippen LogP) is 5.65. The smallest absolute Gasteiger partial charge is 0.271 e. The van der Waals surface area contributed by atoms with Gasteiger partial charge in [0.15, 0.2) is 6.61 Å². The summed E-state index contributed by atoms with van der Waals surface area (Å²) < 4.78 is 7.31. The first kappa shape index (κ1) is 23.0. The highest BCUT2D eigenvalue weighted by molar-refractivity contribution is 9.10. The van der Waals surface area contributed by atoms with Gasteiger partial charge in [-0.25, -0.2) is 5.43 Å². The van der Waals surface area contributed by atoms with Crippen molar-refractivity contribution < 1.29 is 14.3 Å². The molecule has 0 atom stereocenters. The molecule has 0 aliphatic heterocycles. The van der Waals surface area contributed by atoms with Crippen LogP contribution in [0.5, 0.6) is 5.75 Å². The Bertz CT molecular complexity index is 1120. The minimum absolute atomic E-state index is 0.223. The van der Waals surface area contributed by atoms with Crippen molar-refractivity contribution in [2.24, 2.45) is 5.10 Å². The van der Waals surface area contributed by atoms with Crippen molar-refractivity contribution in [1.29, 1.82) is 0 Å². The van der Waals surface area contributed by atoms with E-state index in [4.69, 9.17) is 16.3 Å². The first-order valence-corrected chi connectivity index (χ1v) is 10.9. The van der Waals surface area contributed by atoms with Crippen molar-refractivity contribution in [3.63, 3.8) is 0 Å². The van der Waals surface area contributed by atoms with Gasteiger partial charge in [0.05, 0.1) is 16.9 Å². The lowest BCUT2D eigenvalue weighted by Gasteiger charge is -2.11. The Labute approximate surface area is 200 Å². The molecule has 0 spiro atoms. The number of nitrogens with zero attached hydrogens (tertiary/aromatic N) is 1. The highest BCUT2D eigenvalue weighted by atomic mass is 79.9. The van der Waals surface area contributed by atoms with Crippen molar-refractivity contribution in [3.05, 3.63) is 91.8 Å². The van der Waals surface area contributed by atoms with Gasteiger partial charge in [-0.05, 0) is 54.6 Å². The van der Waals surface area contributed by atoms with Crippen LogP contribution in [0.15, 0.2) is 80.8 Å². The second-order valence-corrected chi connectivity index (χ2v) is 8.44. The van der Waals surface area contributed by atoms with Gasteiger partial charge in [-0.15, -0.1) is 0 Å². The van der Waals surface area contributed by atoms with Crippen LogP contribution in [0, 0.1) is 0 Å². The number of ether oxygens (including phenoxy) is 1. The van der Waals surface area contributed by atoms with Crippen molar-refractivity contribution in [3.8, 4) is 5.75 Å². The fourth-order valence-electron chi connectivity index (χ4n) is 2.47. The number of carbonyl (C=O) groups is 2. The molecule has 0 aromatic heterocycles. The standard InChI is InChI=1S/C22H16Br2ClN3O3/c23-16-7-5-14(6-8-16)22(30)28-26-12-15-11-17(24)9-10-20(15)31-13-21(29)27-19-4-2-1-3-18(19)25/h1-12H,13H2,(H,27,29)(H,28,30)/b26-12+. The molecule has 2 amide bonds. The lowest BCUT2D eigenvalue weighted by atomic mass is 10.2. The van der Waals surface area contributed by atoms with Gasteiger partial charge in [-0.2, -0.15) is 5.10 Å². The monoisotopic (exact) mass is 563 g/mol. The van der Waals surface area contributed by atoms with Crippen LogP contribution in [0.3, 0.4) is 0 Å². The van der Waals surface area contributed by atoms with E-state index in [0.717, 1.165) is 8.95 Å². The van der Waals surface area contributed by atoms with Crippen LogP contribution in [0.2, 0.25) is 5.02 Å². The molecule has 0 saturated heterocycles. The second kappa shape index (κ2) is 11.1. The molecule has 3 rings (SSSR count). The Hall–Kier alpha value is -2.68. The second-order valence-electron chi connectivity index (χ2n) is 6.20. The predicted molar refractivity (Wildman–Crippen MR) is 129 cm³/mol. The number of carbonyl (C=O) groups excluding carboxylic acids is 2. The van der Waals surface area contributed by atoms with Gasteiger partial charge in [-0.1, -0.05) is 55.6 Å². The molecule has 0 heterocycles. The van der Waals surface area contributed by atoms with Crippen LogP contribution in [-0.2, 0) is 4.79 Å². The summed E-state index contributed by atoms with van der Waals surface area (Å²) in [4.78, 5) is 24.4. The molecule has 0 aliphatic carbocycles. The Morgan fingerprint density at radius 2 is 1.71 bits per heavy atom. The number of nitrogens with one attached hydrogen (secondary N) is 2. The van der Waals surface area contributed by atoms with E-state index in [2.05, 4.69) is 47.7 Å². The maximum atomic E-state index is 12.2. The molecule has 0 aliphatic rings. The Kier molecular flexibility index (Phi) is 8.22. The summed E-state index contributed by atoms with van der Waals surface area (Å²) in [5.41, 5.74) is 4.03. The first-order chi connectivity index (χ1) is 14.9. The number of hydrazone groups is 1. The number of benzene rings is 3. The van der Waals surface area contributed by atoms with Gasteiger partial charge in [0.25, 0.3) is 11.8 Å². The first-order valence-electron chi connectivity index (χ1n) is 8.98. The summed E-state index contributed by atoms with van der Waals surface area (Å²) in [6.07, 6.45) is 1.45. The third-order valence-electron chi connectivity index (χ3n) is 3.95. The summed E-state index contributed by atoms with van der Waals surface area (Å²) in [7, 11) is 0. The molecule has 2 N–H and O–H groups in total. The average Bonchev–Trinajstić information content (AvgIpc) is 2.75. The van der Waals surface area contributed by atoms with E-state index in [0.29, 0.717) is 27.6 Å². The molecule has 3 aromatic rings. The number of hydrogen-bond acceptors (Lipinski definition) is 4. The zero-order valence-corrected chi connectivity index (χ0v) is 19.9. The highest BCUT2D eigenvalue weighted by Crippen LogP contribution is 2.23. The molecule has 0 bridgehead atoms. The third-order valence-corrected chi connectivity index (χ3v) is 5.31. The molecule has 0 unspecified atom stereocenters. The Balaban J connectivity index is 1.62. The topological polar surface area (TPSA) is 79.8 Å².